The zero-order valence-corrected chi connectivity index (χ0v) is 16.9. The first-order valence-corrected chi connectivity index (χ1v) is 9.61. The molecular weight excluding hydrogens is 401 g/mol. The number of nitrogens with zero attached hydrogens (tertiary/aromatic N) is 3. The lowest BCUT2D eigenvalue weighted by molar-refractivity contribution is -0.121. The average molecular weight is 421 g/mol. The van der Waals surface area contributed by atoms with Crippen molar-refractivity contribution in [3.05, 3.63) is 82.2 Å². The zero-order chi connectivity index (χ0) is 22.0. The van der Waals surface area contributed by atoms with Gasteiger partial charge in [0.2, 0.25) is 5.91 Å². The Morgan fingerprint density at radius 3 is 2.58 bits per heavy atom. The van der Waals surface area contributed by atoms with E-state index in [1.54, 1.807) is 25.3 Å². The van der Waals surface area contributed by atoms with Crippen molar-refractivity contribution in [3.63, 3.8) is 0 Å². The number of methoxy groups -OCH3 is 1. The molecule has 0 aliphatic heterocycles. The molecule has 31 heavy (non-hydrogen) atoms. The van der Waals surface area contributed by atoms with Gasteiger partial charge in [-0.15, -0.1) is 0 Å². The monoisotopic (exact) mass is 421 g/mol. The first-order chi connectivity index (χ1) is 14.9. The van der Waals surface area contributed by atoms with Crippen molar-refractivity contribution in [2.45, 2.75) is 19.4 Å². The van der Waals surface area contributed by atoms with Crippen LogP contribution in [0.1, 0.15) is 24.4 Å². The van der Waals surface area contributed by atoms with Gasteiger partial charge in [0.25, 0.3) is 5.56 Å². The quantitative estimate of drug-likeness (QED) is 0.498. The van der Waals surface area contributed by atoms with Gasteiger partial charge in [0.05, 0.1) is 25.3 Å². The second-order valence-corrected chi connectivity index (χ2v) is 7.04. The summed E-state index contributed by atoms with van der Waals surface area (Å²) in [5.74, 6) is 0.374. The normalized spacial score (nSPS) is 12.0. The third-order valence-electron chi connectivity index (χ3n) is 4.92. The first-order valence-electron chi connectivity index (χ1n) is 9.61. The summed E-state index contributed by atoms with van der Waals surface area (Å²) < 4.78 is 19.7. The van der Waals surface area contributed by atoms with Gasteiger partial charge in [0, 0.05) is 5.56 Å². The smallest absolute Gasteiger partial charge is 0.290 e. The number of carbonyl (C=O) groups is 1. The standard InChI is InChI=1S/C22H20FN5O3/c1-13(14-5-9-17(31-2)10-6-14)24-21(29)12-20-25-26-22(30)19-11-18(27-28(19)20)15-3-7-16(23)8-4-15/h3-11,13H,12H2,1-2H3,(H,24,29)(H,26,30)/t13-/m1/s1. The third-order valence-corrected chi connectivity index (χ3v) is 4.92. The Labute approximate surface area is 176 Å². The van der Waals surface area contributed by atoms with Gasteiger partial charge in [-0.3, -0.25) is 9.59 Å². The number of nitrogens with one attached hydrogen (secondary N) is 2. The maximum atomic E-state index is 13.2. The molecule has 2 heterocycles. The van der Waals surface area contributed by atoms with Crippen LogP contribution in [-0.4, -0.2) is 32.8 Å². The van der Waals surface area contributed by atoms with E-state index in [9.17, 15) is 14.0 Å². The number of benzene rings is 2. The number of hydrogen-bond donors (Lipinski definition) is 2. The van der Waals surface area contributed by atoms with Crippen molar-refractivity contribution in [2.24, 2.45) is 0 Å². The summed E-state index contributed by atoms with van der Waals surface area (Å²) in [5, 5.41) is 13.7. The lowest BCUT2D eigenvalue weighted by Crippen LogP contribution is -2.30. The van der Waals surface area contributed by atoms with Crippen LogP contribution < -0.4 is 15.6 Å². The van der Waals surface area contributed by atoms with Crippen molar-refractivity contribution in [3.8, 4) is 17.0 Å². The van der Waals surface area contributed by atoms with Gasteiger partial charge in [-0.05, 0) is 55.0 Å². The molecule has 0 aliphatic carbocycles. The maximum Gasteiger partial charge on any atom is 0.290 e. The molecule has 0 saturated carbocycles. The predicted molar refractivity (Wildman–Crippen MR) is 112 cm³/mol. The summed E-state index contributed by atoms with van der Waals surface area (Å²) >= 11 is 0. The molecule has 4 rings (SSSR count). The van der Waals surface area contributed by atoms with Crippen LogP contribution in [0.2, 0.25) is 0 Å². The molecule has 9 heteroatoms. The Morgan fingerprint density at radius 2 is 1.90 bits per heavy atom. The highest BCUT2D eigenvalue weighted by atomic mass is 19.1. The molecule has 2 N–H and O–H groups in total. The Balaban J connectivity index is 1.56. The minimum absolute atomic E-state index is 0.0850. The molecule has 0 saturated heterocycles. The van der Waals surface area contributed by atoms with Gasteiger partial charge < -0.3 is 10.1 Å². The minimum Gasteiger partial charge on any atom is -0.497 e. The van der Waals surface area contributed by atoms with Gasteiger partial charge >= 0.3 is 0 Å². The van der Waals surface area contributed by atoms with Crippen LogP contribution in [0.25, 0.3) is 16.8 Å². The van der Waals surface area contributed by atoms with Crippen LogP contribution in [0.4, 0.5) is 4.39 Å². The summed E-state index contributed by atoms with van der Waals surface area (Å²) in [6.07, 6.45) is -0.0850. The van der Waals surface area contributed by atoms with Crippen molar-refractivity contribution < 1.29 is 13.9 Å². The summed E-state index contributed by atoms with van der Waals surface area (Å²) in [4.78, 5) is 24.8. The molecule has 4 aromatic rings. The summed E-state index contributed by atoms with van der Waals surface area (Å²) in [7, 11) is 1.59. The summed E-state index contributed by atoms with van der Waals surface area (Å²) in [6, 6.07) is 14.5. The van der Waals surface area contributed by atoms with Crippen LogP contribution in [-0.2, 0) is 11.2 Å². The van der Waals surface area contributed by atoms with Gasteiger partial charge in [-0.2, -0.15) is 10.2 Å². The molecule has 0 spiro atoms. The number of fused-ring (bicyclic) bond motifs is 1. The molecule has 8 nitrogen and oxygen atoms in total. The van der Waals surface area contributed by atoms with Gasteiger partial charge in [-0.25, -0.2) is 14.0 Å². The van der Waals surface area contributed by atoms with Crippen LogP contribution in [0.5, 0.6) is 5.75 Å². The number of ether oxygens (including phenoxy) is 1. The number of aromatic amines is 1. The van der Waals surface area contributed by atoms with Crippen LogP contribution in [0, 0.1) is 5.82 Å². The highest BCUT2D eigenvalue weighted by Crippen LogP contribution is 2.20. The lowest BCUT2D eigenvalue weighted by Gasteiger charge is -2.14. The Hall–Kier alpha value is -4.01. The first kappa shape index (κ1) is 20.3. The Morgan fingerprint density at radius 1 is 1.19 bits per heavy atom. The molecule has 1 atom stereocenters. The van der Waals surface area contributed by atoms with Crippen molar-refractivity contribution in [2.75, 3.05) is 7.11 Å². The van der Waals surface area contributed by atoms with Crippen LogP contribution >= 0.6 is 0 Å². The molecule has 0 radical (unpaired) electrons. The van der Waals surface area contributed by atoms with Crippen molar-refractivity contribution in [1.29, 1.82) is 0 Å². The molecule has 2 aromatic heterocycles. The topological polar surface area (TPSA) is 101 Å². The molecular formula is C22H20FN5O3. The lowest BCUT2D eigenvalue weighted by atomic mass is 10.1. The molecule has 0 aliphatic rings. The number of carbonyl (C=O) groups excluding carboxylic acids is 1. The van der Waals surface area contributed by atoms with Crippen LogP contribution in [0.3, 0.4) is 0 Å². The summed E-state index contributed by atoms with van der Waals surface area (Å²) in [5.41, 5.74) is 1.86. The molecule has 0 unspecified atom stereocenters. The second-order valence-electron chi connectivity index (χ2n) is 7.04. The van der Waals surface area contributed by atoms with E-state index in [-0.39, 0.29) is 35.5 Å². The van der Waals surface area contributed by atoms with E-state index >= 15 is 0 Å². The largest absolute Gasteiger partial charge is 0.497 e. The van der Waals surface area contributed by atoms with E-state index in [1.807, 2.05) is 31.2 Å². The van der Waals surface area contributed by atoms with E-state index in [0.717, 1.165) is 11.3 Å². The number of aromatic nitrogens is 4. The number of hydrogen-bond acceptors (Lipinski definition) is 5. The second kappa shape index (κ2) is 8.39. The number of halogens is 1. The van der Waals surface area contributed by atoms with Gasteiger partial charge in [0.1, 0.15) is 17.1 Å². The Kier molecular flexibility index (Phi) is 5.48. The molecule has 158 valence electrons. The van der Waals surface area contributed by atoms with E-state index < -0.39 is 5.56 Å². The molecule has 1 amide bonds. The SMILES string of the molecule is COc1ccc([C@@H](C)NC(=O)Cc2n[nH]c(=O)c3cc(-c4ccc(F)cc4)nn23)cc1. The van der Waals surface area contributed by atoms with Crippen molar-refractivity contribution >= 4 is 11.4 Å². The minimum atomic E-state index is -0.434. The highest BCUT2D eigenvalue weighted by Gasteiger charge is 2.16. The van der Waals surface area contributed by atoms with Crippen LogP contribution in [0.15, 0.2) is 59.4 Å². The zero-order valence-electron chi connectivity index (χ0n) is 16.9. The molecule has 0 bridgehead atoms. The maximum absolute atomic E-state index is 13.2. The van der Waals surface area contributed by atoms with E-state index in [0.29, 0.717) is 11.3 Å². The Bertz CT molecular complexity index is 1280. The van der Waals surface area contributed by atoms with Gasteiger partial charge in [0.15, 0.2) is 5.82 Å². The number of H-pyrrole nitrogens is 1. The fourth-order valence-corrected chi connectivity index (χ4v) is 3.25. The number of amides is 1. The van der Waals surface area contributed by atoms with Crippen molar-refractivity contribution in [1.82, 2.24) is 25.1 Å². The molecule has 0 fully saturated rings. The molecule has 2 aromatic carbocycles. The van der Waals surface area contributed by atoms with Gasteiger partial charge in [-0.1, -0.05) is 12.1 Å². The fraction of sp³-hybridized carbons (Fsp3) is 0.182. The summed E-state index contributed by atoms with van der Waals surface area (Å²) in [6.45, 7) is 1.87. The average Bonchev–Trinajstić information content (AvgIpc) is 3.23. The fourth-order valence-electron chi connectivity index (χ4n) is 3.25. The van der Waals surface area contributed by atoms with E-state index in [1.165, 1.54) is 16.6 Å². The highest BCUT2D eigenvalue weighted by molar-refractivity contribution is 5.78. The third kappa shape index (κ3) is 4.30. The number of rotatable bonds is 6. The van der Waals surface area contributed by atoms with E-state index in [2.05, 4.69) is 20.6 Å². The predicted octanol–water partition coefficient (Wildman–Crippen LogP) is 2.65. The van der Waals surface area contributed by atoms with E-state index in [4.69, 9.17) is 4.74 Å².